The minimum atomic E-state index is -5.08. The molecule has 0 radical (unpaired) electrons. The number of nitrogens with zero attached hydrogens (tertiary/aromatic N) is 6. The van der Waals surface area contributed by atoms with E-state index >= 15 is 4.39 Å². The highest BCUT2D eigenvalue weighted by Gasteiger charge is 2.38. The van der Waals surface area contributed by atoms with E-state index in [0.29, 0.717) is 78.5 Å². The molecule has 20 heteroatoms. The van der Waals surface area contributed by atoms with Crippen LogP contribution in [0.3, 0.4) is 0 Å². The number of H-pyrrole nitrogens is 1. The molecular formula is C41H51F4N9O7. The van der Waals surface area contributed by atoms with Gasteiger partial charge in [-0.1, -0.05) is 12.1 Å². The van der Waals surface area contributed by atoms with Crippen molar-refractivity contribution in [3.05, 3.63) is 72.2 Å². The van der Waals surface area contributed by atoms with Crippen LogP contribution in [0, 0.1) is 17.7 Å². The lowest BCUT2D eigenvalue weighted by atomic mass is 9.81. The summed E-state index contributed by atoms with van der Waals surface area (Å²) in [6, 6.07) is 14.0. The van der Waals surface area contributed by atoms with Crippen molar-refractivity contribution >= 4 is 29.6 Å². The Labute approximate surface area is 350 Å². The molecule has 330 valence electrons. The molecule has 61 heavy (non-hydrogen) atoms. The third-order valence-corrected chi connectivity index (χ3v) is 9.51. The molecule has 2 heterocycles. The predicted molar refractivity (Wildman–Crippen MR) is 215 cm³/mol. The highest BCUT2D eigenvalue weighted by Crippen LogP contribution is 2.34. The zero-order valence-electron chi connectivity index (χ0n) is 34.5. The first-order valence-corrected chi connectivity index (χ1v) is 19.5. The van der Waals surface area contributed by atoms with Gasteiger partial charge < -0.3 is 30.5 Å². The molecule has 2 aromatic heterocycles. The molecule has 0 aliphatic heterocycles. The molecule has 16 nitrogen and oxygen atoms in total. The van der Waals surface area contributed by atoms with Crippen molar-refractivity contribution in [2.24, 2.45) is 17.6 Å². The Balaban J connectivity index is 0.00000107. The van der Waals surface area contributed by atoms with Gasteiger partial charge in [0, 0.05) is 60.1 Å². The minimum absolute atomic E-state index is 0.0159. The number of carboxylic acid groups (broad SMARTS) is 1. The Bertz CT molecular complexity index is 2050. The number of nitrogens with one attached hydrogen (secondary N) is 2. The molecule has 2 aromatic carbocycles. The number of benzene rings is 2. The zero-order valence-corrected chi connectivity index (χ0v) is 34.5. The first-order valence-electron chi connectivity index (χ1n) is 19.5. The Morgan fingerprint density at radius 3 is 2.16 bits per heavy atom. The molecule has 5 N–H and O–H groups in total. The number of carbonyl (C=O) groups excluding carboxylic acids is 3. The van der Waals surface area contributed by atoms with Crippen LogP contribution in [0.4, 0.5) is 28.0 Å². The SMILES string of the molecule is CN(C)CCCOc1ccc(-c2ccc(C[C@@H](C(N)=O)N(c3ccc(-c4nn[nH]n4)cc3)C(=O)[C@H]3CC[C@H](CNC(=O)OC(C)(C)C)CC3)cc2F)cn1.O=C(O)C(F)(F)F. The van der Waals surface area contributed by atoms with Crippen molar-refractivity contribution < 1.29 is 51.3 Å². The highest BCUT2D eigenvalue weighted by molar-refractivity contribution is 6.01. The summed E-state index contributed by atoms with van der Waals surface area (Å²) in [5.74, 6) is -3.63. The minimum Gasteiger partial charge on any atom is -0.478 e. The van der Waals surface area contributed by atoms with Gasteiger partial charge in [-0.3, -0.25) is 14.5 Å². The second-order valence-corrected chi connectivity index (χ2v) is 15.7. The lowest BCUT2D eigenvalue weighted by Crippen LogP contribution is -2.52. The van der Waals surface area contributed by atoms with Crippen molar-refractivity contribution in [1.29, 1.82) is 0 Å². The fraction of sp³-hybridized carbons (Fsp3) is 0.463. The number of aromatic amines is 1. The average Bonchev–Trinajstić information content (AvgIpc) is 3.74. The number of carbonyl (C=O) groups is 4. The maximum Gasteiger partial charge on any atom is 0.490 e. The van der Waals surface area contributed by atoms with Crippen molar-refractivity contribution in [2.45, 2.75) is 77.1 Å². The van der Waals surface area contributed by atoms with Gasteiger partial charge >= 0.3 is 18.2 Å². The number of halogens is 4. The highest BCUT2D eigenvalue weighted by atomic mass is 19.4. The van der Waals surface area contributed by atoms with Gasteiger partial charge in [0.1, 0.15) is 17.5 Å². The van der Waals surface area contributed by atoms with Crippen LogP contribution in [0.1, 0.15) is 58.4 Å². The number of anilines is 1. The Kier molecular flexibility index (Phi) is 16.6. The van der Waals surface area contributed by atoms with Crippen molar-refractivity contribution in [1.82, 2.24) is 35.8 Å². The van der Waals surface area contributed by atoms with E-state index in [2.05, 4.69) is 35.8 Å². The number of ether oxygens (including phenoxy) is 2. The third-order valence-electron chi connectivity index (χ3n) is 9.51. The number of hydrogen-bond donors (Lipinski definition) is 4. The normalized spacial score (nSPS) is 15.8. The van der Waals surface area contributed by atoms with Gasteiger partial charge in [0.05, 0.1) is 6.61 Å². The molecule has 1 aliphatic carbocycles. The van der Waals surface area contributed by atoms with Gasteiger partial charge in [0.25, 0.3) is 0 Å². The van der Waals surface area contributed by atoms with E-state index in [0.717, 1.165) is 13.0 Å². The summed E-state index contributed by atoms with van der Waals surface area (Å²) in [5.41, 5.74) is 7.94. The van der Waals surface area contributed by atoms with E-state index in [1.54, 1.807) is 54.7 Å². The van der Waals surface area contributed by atoms with Gasteiger partial charge in [-0.25, -0.2) is 19.0 Å². The topological polar surface area (TPSA) is 219 Å². The van der Waals surface area contributed by atoms with Crippen LogP contribution < -0.4 is 20.7 Å². The summed E-state index contributed by atoms with van der Waals surface area (Å²) in [5, 5.41) is 24.0. The standard InChI is InChI=1S/C39H50FN9O5.C2HF3O2/c1-39(2,3)54-38(52)43-23-25-7-10-28(11-8-25)37(51)49(30-15-12-27(13-16-30)36-44-46-47-45-36)33(35(41)50)22-26-9-17-31(32(40)21-26)29-14-18-34(42-24-29)53-20-6-19-48(4)5;3-2(4,5)1(6)7/h9,12-18,21,24-25,28,33H,6-8,10-11,19-20,22-23H2,1-5H3,(H2,41,50)(H,43,52)(H,44,45,46,47);(H,6,7)/t25-,28-,33-;/m0./s1. The summed E-state index contributed by atoms with van der Waals surface area (Å²) < 4.78 is 58.5. The Morgan fingerprint density at radius 2 is 1.64 bits per heavy atom. The summed E-state index contributed by atoms with van der Waals surface area (Å²) in [7, 11) is 4.00. The molecule has 5 rings (SSSR count). The number of nitrogens with two attached hydrogens (primary N) is 1. The molecule has 0 unspecified atom stereocenters. The third kappa shape index (κ3) is 14.8. The smallest absolute Gasteiger partial charge is 0.478 e. The molecule has 1 atom stereocenters. The Hall–Kier alpha value is -6.18. The summed E-state index contributed by atoms with van der Waals surface area (Å²) in [6.07, 6.45) is -0.657. The van der Waals surface area contributed by atoms with E-state index in [1.807, 2.05) is 34.9 Å². The van der Waals surface area contributed by atoms with Crippen LogP contribution in [0.25, 0.3) is 22.5 Å². The fourth-order valence-corrected chi connectivity index (χ4v) is 6.51. The van der Waals surface area contributed by atoms with Crippen LogP contribution in [0.15, 0.2) is 60.8 Å². The first-order chi connectivity index (χ1) is 28.7. The maximum absolute atomic E-state index is 15.7. The second-order valence-electron chi connectivity index (χ2n) is 15.7. The molecule has 1 saturated carbocycles. The molecule has 1 aliphatic rings. The van der Waals surface area contributed by atoms with Crippen LogP contribution in [0.5, 0.6) is 5.88 Å². The number of tetrazole rings is 1. The summed E-state index contributed by atoms with van der Waals surface area (Å²) >= 11 is 0. The number of primary amides is 1. The number of hydrogen-bond acceptors (Lipinski definition) is 11. The summed E-state index contributed by atoms with van der Waals surface area (Å²) in [6.45, 7) is 7.27. The van der Waals surface area contributed by atoms with Gasteiger partial charge in [-0.05, 0) is 120 Å². The van der Waals surface area contributed by atoms with Crippen LogP contribution >= 0.6 is 0 Å². The van der Waals surface area contributed by atoms with Gasteiger partial charge in [0.2, 0.25) is 23.5 Å². The zero-order chi connectivity index (χ0) is 44.9. The lowest BCUT2D eigenvalue weighted by molar-refractivity contribution is -0.192. The maximum atomic E-state index is 15.7. The molecule has 4 aromatic rings. The molecule has 0 bridgehead atoms. The molecule has 1 fully saturated rings. The van der Waals surface area contributed by atoms with Crippen molar-refractivity contribution in [3.8, 4) is 28.4 Å². The second kappa shape index (κ2) is 21.4. The van der Waals surface area contributed by atoms with Crippen molar-refractivity contribution in [3.63, 3.8) is 0 Å². The molecular weight excluding hydrogens is 806 g/mol. The quantitative estimate of drug-likeness (QED) is 0.0825. The predicted octanol–water partition coefficient (Wildman–Crippen LogP) is 5.79. The molecule has 0 saturated heterocycles. The summed E-state index contributed by atoms with van der Waals surface area (Å²) in [4.78, 5) is 56.6. The monoisotopic (exact) mass is 857 g/mol. The number of aliphatic carboxylic acids is 1. The number of aromatic nitrogens is 5. The number of pyridine rings is 1. The van der Waals surface area contributed by atoms with Crippen LogP contribution in [-0.4, -0.2) is 111 Å². The average molecular weight is 858 g/mol. The van der Waals surface area contributed by atoms with Gasteiger partial charge in [-0.15, -0.1) is 10.2 Å². The lowest BCUT2D eigenvalue weighted by Gasteiger charge is -2.36. The van der Waals surface area contributed by atoms with E-state index < -0.39 is 47.5 Å². The van der Waals surface area contributed by atoms with E-state index in [9.17, 15) is 27.6 Å². The Morgan fingerprint density at radius 1 is 0.984 bits per heavy atom. The van der Waals surface area contributed by atoms with Gasteiger partial charge in [-0.2, -0.15) is 18.4 Å². The van der Waals surface area contributed by atoms with Crippen LogP contribution in [-0.2, 0) is 25.5 Å². The number of rotatable bonds is 15. The van der Waals surface area contributed by atoms with E-state index in [1.165, 1.54) is 11.0 Å². The van der Waals surface area contributed by atoms with Crippen LogP contribution in [0.2, 0.25) is 0 Å². The van der Waals surface area contributed by atoms with Gasteiger partial charge in [0.15, 0.2) is 0 Å². The van der Waals surface area contributed by atoms with E-state index in [-0.39, 0.29) is 18.2 Å². The number of amides is 3. The number of alkyl halides is 3. The van der Waals surface area contributed by atoms with E-state index in [4.69, 9.17) is 25.1 Å². The number of alkyl carbamates (subject to hydrolysis) is 1. The fourth-order valence-electron chi connectivity index (χ4n) is 6.51. The molecule has 0 spiro atoms. The molecule has 3 amide bonds. The largest absolute Gasteiger partial charge is 0.490 e. The van der Waals surface area contributed by atoms with Crippen molar-refractivity contribution in [2.75, 3.05) is 38.7 Å². The number of carboxylic acids is 1. The first kappa shape index (κ1) is 47.5.